The SMILES string of the molecule is COC(=O)C(c1ccccc1)C(O)c1ccncc1. The van der Waals surface area contributed by atoms with E-state index in [1.165, 1.54) is 7.11 Å². The van der Waals surface area contributed by atoms with Gasteiger partial charge in [0.25, 0.3) is 0 Å². The minimum Gasteiger partial charge on any atom is -0.468 e. The third-order valence-electron chi connectivity index (χ3n) is 2.98. The van der Waals surface area contributed by atoms with Crippen LogP contribution in [0, 0.1) is 0 Å². The quantitative estimate of drug-likeness (QED) is 0.852. The van der Waals surface area contributed by atoms with Crippen molar-refractivity contribution in [2.45, 2.75) is 12.0 Å². The van der Waals surface area contributed by atoms with E-state index >= 15 is 0 Å². The van der Waals surface area contributed by atoms with Gasteiger partial charge in [-0.05, 0) is 23.3 Å². The molecule has 0 saturated heterocycles. The molecule has 98 valence electrons. The van der Waals surface area contributed by atoms with Gasteiger partial charge < -0.3 is 9.84 Å². The fourth-order valence-electron chi connectivity index (χ4n) is 1.99. The van der Waals surface area contributed by atoms with E-state index in [4.69, 9.17) is 4.74 Å². The van der Waals surface area contributed by atoms with E-state index in [-0.39, 0.29) is 0 Å². The molecule has 0 fully saturated rings. The van der Waals surface area contributed by atoms with Crippen LogP contribution in [0.4, 0.5) is 0 Å². The molecule has 4 nitrogen and oxygen atoms in total. The Morgan fingerprint density at radius 3 is 2.32 bits per heavy atom. The van der Waals surface area contributed by atoms with Gasteiger partial charge >= 0.3 is 5.97 Å². The van der Waals surface area contributed by atoms with Crippen molar-refractivity contribution in [1.29, 1.82) is 0 Å². The number of carbonyl (C=O) groups is 1. The number of methoxy groups -OCH3 is 1. The number of aliphatic hydroxyl groups excluding tert-OH is 1. The van der Waals surface area contributed by atoms with Crippen molar-refractivity contribution in [3.8, 4) is 0 Å². The van der Waals surface area contributed by atoms with Gasteiger partial charge in [-0.3, -0.25) is 9.78 Å². The first-order chi connectivity index (χ1) is 9.24. The van der Waals surface area contributed by atoms with Crippen LogP contribution in [0.2, 0.25) is 0 Å². The van der Waals surface area contributed by atoms with Crippen molar-refractivity contribution in [2.75, 3.05) is 7.11 Å². The average molecular weight is 257 g/mol. The molecule has 0 spiro atoms. The summed E-state index contributed by atoms with van der Waals surface area (Å²) in [6, 6.07) is 12.5. The smallest absolute Gasteiger partial charge is 0.316 e. The summed E-state index contributed by atoms with van der Waals surface area (Å²) in [4.78, 5) is 15.8. The summed E-state index contributed by atoms with van der Waals surface area (Å²) < 4.78 is 4.79. The molecule has 1 heterocycles. The summed E-state index contributed by atoms with van der Waals surface area (Å²) in [5, 5.41) is 10.4. The number of pyridine rings is 1. The predicted molar refractivity (Wildman–Crippen MR) is 70.4 cm³/mol. The molecule has 19 heavy (non-hydrogen) atoms. The second-order valence-electron chi connectivity index (χ2n) is 4.14. The molecule has 1 aromatic carbocycles. The van der Waals surface area contributed by atoms with Gasteiger partial charge in [0.15, 0.2) is 0 Å². The van der Waals surface area contributed by atoms with Gasteiger partial charge in [-0.1, -0.05) is 30.3 Å². The van der Waals surface area contributed by atoms with Crippen LogP contribution in [0.5, 0.6) is 0 Å². The molecule has 1 aromatic heterocycles. The van der Waals surface area contributed by atoms with Gasteiger partial charge in [0.1, 0.15) is 5.92 Å². The molecule has 0 saturated carbocycles. The molecule has 0 aliphatic heterocycles. The van der Waals surface area contributed by atoms with Crippen molar-refractivity contribution in [3.05, 3.63) is 66.0 Å². The van der Waals surface area contributed by atoms with Crippen LogP contribution < -0.4 is 0 Å². The van der Waals surface area contributed by atoms with E-state index in [9.17, 15) is 9.90 Å². The Bertz CT molecular complexity index is 528. The van der Waals surface area contributed by atoms with Gasteiger partial charge in [-0.15, -0.1) is 0 Å². The molecule has 0 radical (unpaired) electrons. The number of esters is 1. The highest BCUT2D eigenvalue weighted by molar-refractivity contribution is 5.79. The van der Waals surface area contributed by atoms with Crippen molar-refractivity contribution < 1.29 is 14.6 Å². The number of nitrogens with zero attached hydrogens (tertiary/aromatic N) is 1. The fourth-order valence-corrected chi connectivity index (χ4v) is 1.99. The summed E-state index contributed by atoms with van der Waals surface area (Å²) in [5.74, 6) is -1.20. The van der Waals surface area contributed by atoms with Crippen molar-refractivity contribution >= 4 is 5.97 Å². The monoisotopic (exact) mass is 257 g/mol. The Morgan fingerprint density at radius 2 is 1.74 bits per heavy atom. The maximum absolute atomic E-state index is 11.9. The second-order valence-corrected chi connectivity index (χ2v) is 4.14. The Morgan fingerprint density at radius 1 is 1.11 bits per heavy atom. The molecule has 4 heteroatoms. The van der Waals surface area contributed by atoms with Crippen LogP contribution in [0.3, 0.4) is 0 Å². The number of benzene rings is 1. The number of hydrogen-bond donors (Lipinski definition) is 1. The highest BCUT2D eigenvalue weighted by atomic mass is 16.5. The lowest BCUT2D eigenvalue weighted by molar-refractivity contribution is -0.145. The number of aliphatic hydroxyl groups is 1. The minimum atomic E-state index is -0.960. The zero-order valence-electron chi connectivity index (χ0n) is 10.6. The van der Waals surface area contributed by atoms with E-state index < -0.39 is 18.0 Å². The van der Waals surface area contributed by atoms with Crippen LogP contribution >= 0.6 is 0 Å². The maximum Gasteiger partial charge on any atom is 0.316 e. The van der Waals surface area contributed by atoms with Crippen LogP contribution in [0.15, 0.2) is 54.9 Å². The Balaban J connectivity index is 2.36. The van der Waals surface area contributed by atoms with E-state index in [2.05, 4.69) is 4.98 Å². The third kappa shape index (κ3) is 2.98. The first kappa shape index (κ1) is 13.2. The molecule has 0 amide bonds. The zero-order chi connectivity index (χ0) is 13.7. The van der Waals surface area contributed by atoms with Crippen LogP contribution in [0.25, 0.3) is 0 Å². The molecular formula is C15H15NO3. The first-order valence-electron chi connectivity index (χ1n) is 5.95. The summed E-state index contributed by atoms with van der Waals surface area (Å²) in [6.45, 7) is 0. The highest BCUT2D eigenvalue weighted by Crippen LogP contribution is 2.31. The Labute approximate surface area is 111 Å². The van der Waals surface area contributed by atoms with Crippen LogP contribution in [-0.4, -0.2) is 23.2 Å². The normalized spacial score (nSPS) is 13.6. The van der Waals surface area contributed by atoms with E-state index in [0.717, 1.165) is 5.56 Å². The van der Waals surface area contributed by atoms with Gasteiger partial charge in [0.05, 0.1) is 13.2 Å². The van der Waals surface area contributed by atoms with E-state index in [1.54, 1.807) is 36.7 Å². The summed E-state index contributed by atoms with van der Waals surface area (Å²) in [7, 11) is 1.32. The minimum absolute atomic E-state index is 0.462. The Kier molecular flexibility index (Phi) is 4.26. The van der Waals surface area contributed by atoms with E-state index in [0.29, 0.717) is 5.56 Å². The molecule has 2 rings (SSSR count). The summed E-state index contributed by atoms with van der Waals surface area (Å²) >= 11 is 0. The van der Waals surface area contributed by atoms with E-state index in [1.807, 2.05) is 18.2 Å². The average Bonchev–Trinajstić information content (AvgIpc) is 2.49. The molecular weight excluding hydrogens is 242 g/mol. The van der Waals surface area contributed by atoms with Crippen LogP contribution in [-0.2, 0) is 9.53 Å². The predicted octanol–water partition coefficient (Wildman–Crippen LogP) is 2.07. The van der Waals surface area contributed by atoms with Gasteiger partial charge in [-0.25, -0.2) is 0 Å². The van der Waals surface area contributed by atoms with Gasteiger partial charge in [0.2, 0.25) is 0 Å². The van der Waals surface area contributed by atoms with Crippen LogP contribution in [0.1, 0.15) is 23.1 Å². The number of rotatable bonds is 4. The molecule has 2 unspecified atom stereocenters. The van der Waals surface area contributed by atoms with Gasteiger partial charge in [0, 0.05) is 12.4 Å². The molecule has 0 bridgehead atoms. The van der Waals surface area contributed by atoms with Crippen molar-refractivity contribution in [3.63, 3.8) is 0 Å². The third-order valence-corrected chi connectivity index (χ3v) is 2.98. The number of aromatic nitrogens is 1. The zero-order valence-corrected chi connectivity index (χ0v) is 10.6. The fraction of sp³-hybridized carbons (Fsp3) is 0.200. The summed E-state index contributed by atoms with van der Waals surface area (Å²) in [5.41, 5.74) is 1.35. The van der Waals surface area contributed by atoms with Crippen molar-refractivity contribution in [2.24, 2.45) is 0 Å². The van der Waals surface area contributed by atoms with Gasteiger partial charge in [-0.2, -0.15) is 0 Å². The second kappa shape index (κ2) is 6.11. The topological polar surface area (TPSA) is 59.4 Å². The standard InChI is InChI=1S/C15H15NO3/c1-19-15(18)13(11-5-3-2-4-6-11)14(17)12-7-9-16-10-8-12/h2-10,13-14,17H,1H3. The molecule has 0 aliphatic rings. The highest BCUT2D eigenvalue weighted by Gasteiger charge is 2.30. The Hall–Kier alpha value is -2.20. The molecule has 2 aromatic rings. The lowest BCUT2D eigenvalue weighted by Gasteiger charge is -2.21. The first-order valence-corrected chi connectivity index (χ1v) is 5.95. The number of hydrogen-bond acceptors (Lipinski definition) is 4. The molecule has 1 N–H and O–H groups in total. The maximum atomic E-state index is 11.9. The number of carbonyl (C=O) groups excluding carboxylic acids is 1. The number of ether oxygens (including phenoxy) is 1. The summed E-state index contributed by atoms with van der Waals surface area (Å²) in [6.07, 6.45) is 2.20. The van der Waals surface area contributed by atoms with Crippen molar-refractivity contribution in [1.82, 2.24) is 4.98 Å². The largest absolute Gasteiger partial charge is 0.468 e. The molecule has 2 atom stereocenters. The lowest BCUT2D eigenvalue weighted by Crippen LogP contribution is -2.21. The lowest BCUT2D eigenvalue weighted by atomic mass is 9.89. The molecule has 0 aliphatic carbocycles.